The first-order valence-electron chi connectivity index (χ1n) is 7.41. The summed E-state index contributed by atoms with van der Waals surface area (Å²) >= 11 is 6.42. The van der Waals surface area contributed by atoms with Crippen molar-refractivity contribution < 1.29 is 14.0 Å². The molecule has 1 rings (SSSR count). The number of esters is 1. The number of rotatable bonds is 5. The molecule has 0 unspecified atom stereocenters. The maximum Gasteiger partial charge on any atom is 0.330 e. The maximum atomic E-state index is 11.4. The van der Waals surface area contributed by atoms with Gasteiger partial charge in [0.2, 0.25) is 0 Å². The van der Waals surface area contributed by atoms with Crippen LogP contribution in [0.5, 0.6) is 5.75 Å². The summed E-state index contributed by atoms with van der Waals surface area (Å²) in [5.41, 5.74) is 0.742. The fourth-order valence-electron chi connectivity index (χ4n) is 1.51. The highest BCUT2D eigenvalue weighted by atomic mass is 35.5. The zero-order valence-corrected chi connectivity index (χ0v) is 16.0. The molecule has 5 heteroatoms. The molecule has 122 valence electrons. The molecule has 0 aliphatic carbocycles. The zero-order chi connectivity index (χ0) is 17.0. The van der Waals surface area contributed by atoms with E-state index in [-0.39, 0.29) is 11.0 Å². The second-order valence-corrected chi connectivity index (χ2v) is 11.7. The summed E-state index contributed by atoms with van der Waals surface area (Å²) in [5.74, 6) is 0.286. The van der Waals surface area contributed by atoms with Crippen LogP contribution in [-0.2, 0) is 9.53 Å². The molecular formula is C17H25ClO3Si. The average Bonchev–Trinajstić information content (AvgIpc) is 2.38. The second kappa shape index (κ2) is 7.33. The Morgan fingerprint density at radius 2 is 1.95 bits per heavy atom. The monoisotopic (exact) mass is 340 g/mol. The van der Waals surface area contributed by atoms with Crippen molar-refractivity contribution in [1.82, 2.24) is 0 Å². The lowest BCUT2D eigenvalue weighted by Gasteiger charge is -2.36. The Balaban J connectivity index is 3.02. The third kappa shape index (κ3) is 4.89. The molecule has 0 saturated carbocycles. The molecule has 0 amide bonds. The normalized spacial score (nSPS) is 12.5. The van der Waals surface area contributed by atoms with E-state index in [1.54, 1.807) is 13.0 Å². The van der Waals surface area contributed by atoms with Gasteiger partial charge in [0.05, 0.1) is 11.6 Å². The Bertz CT molecular complexity index is 560. The molecule has 0 bridgehead atoms. The first-order chi connectivity index (χ1) is 10.1. The summed E-state index contributed by atoms with van der Waals surface area (Å²) in [6.07, 6.45) is 3.03. The number of hydrogen-bond donors (Lipinski definition) is 0. The van der Waals surface area contributed by atoms with Crippen molar-refractivity contribution >= 4 is 32.0 Å². The maximum absolute atomic E-state index is 11.4. The molecule has 0 saturated heterocycles. The van der Waals surface area contributed by atoms with E-state index in [9.17, 15) is 4.79 Å². The third-order valence-electron chi connectivity index (χ3n) is 3.85. The number of halogens is 1. The van der Waals surface area contributed by atoms with Crippen molar-refractivity contribution in [1.29, 1.82) is 0 Å². The highest BCUT2D eigenvalue weighted by Crippen LogP contribution is 2.40. The van der Waals surface area contributed by atoms with Crippen LogP contribution in [0.2, 0.25) is 23.2 Å². The number of carbonyl (C=O) groups is 1. The van der Waals surface area contributed by atoms with Gasteiger partial charge in [-0.15, -0.1) is 0 Å². The van der Waals surface area contributed by atoms with Gasteiger partial charge >= 0.3 is 5.97 Å². The Morgan fingerprint density at radius 3 is 2.50 bits per heavy atom. The van der Waals surface area contributed by atoms with E-state index in [1.165, 1.54) is 6.08 Å². The van der Waals surface area contributed by atoms with Crippen LogP contribution in [0, 0.1) is 0 Å². The largest absolute Gasteiger partial charge is 0.542 e. The van der Waals surface area contributed by atoms with Gasteiger partial charge in [-0.25, -0.2) is 4.79 Å². The summed E-state index contributed by atoms with van der Waals surface area (Å²) in [6, 6.07) is 5.58. The SMILES string of the molecule is CCOC(=O)/C=C/c1cccc(O[Si](C)(C)C(C)(C)C)c1Cl. The van der Waals surface area contributed by atoms with Gasteiger partial charge in [0, 0.05) is 6.08 Å². The molecule has 0 heterocycles. The van der Waals surface area contributed by atoms with Crippen LogP contribution >= 0.6 is 11.6 Å². The summed E-state index contributed by atoms with van der Waals surface area (Å²) in [7, 11) is -1.96. The van der Waals surface area contributed by atoms with Crippen LogP contribution in [0.3, 0.4) is 0 Å². The molecule has 0 aliphatic heterocycles. The second-order valence-electron chi connectivity index (χ2n) is 6.61. The smallest absolute Gasteiger partial charge is 0.330 e. The van der Waals surface area contributed by atoms with E-state index in [2.05, 4.69) is 33.9 Å². The lowest BCUT2D eigenvalue weighted by atomic mass is 10.2. The van der Waals surface area contributed by atoms with Gasteiger partial charge in [0.25, 0.3) is 8.32 Å². The molecule has 3 nitrogen and oxygen atoms in total. The van der Waals surface area contributed by atoms with E-state index in [4.69, 9.17) is 20.8 Å². The summed E-state index contributed by atoms with van der Waals surface area (Å²) < 4.78 is 11.1. The van der Waals surface area contributed by atoms with Crippen LogP contribution in [0.4, 0.5) is 0 Å². The van der Waals surface area contributed by atoms with Crippen molar-refractivity contribution in [3.8, 4) is 5.75 Å². The number of carbonyl (C=O) groups excluding carboxylic acids is 1. The van der Waals surface area contributed by atoms with Gasteiger partial charge in [0.15, 0.2) is 0 Å². The van der Waals surface area contributed by atoms with E-state index < -0.39 is 8.32 Å². The predicted molar refractivity (Wildman–Crippen MR) is 94.9 cm³/mol. The Labute approximate surface area is 139 Å². The van der Waals surface area contributed by atoms with Crippen LogP contribution in [0.15, 0.2) is 24.3 Å². The molecule has 0 N–H and O–H groups in total. The fraction of sp³-hybridized carbons (Fsp3) is 0.471. The van der Waals surface area contributed by atoms with Crippen molar-refractivity contribution in [2.45, 2.75) is 45.8 Å². The minimum Gasteiger partial charge on any atom is -0.542 e. The van der Waals surface area contributed by atoms with Gasteiger partial charge in [-0.05, 0) is 42.8 Å². The molecule has 0 atom stereocenters. The minimum atomic E-state index is -1.96. The summed E-state index contributed by atoms with van der Waals surface area (Å²) in [5, 5.41) is 0.612. The topological polar surface area (TPSA) is 35.5 Å². The molecule has 1 aromatic rings. The van der Waals surface area contributed by atoms with Gasteiger partial charge in [-0.1, -0.05) is 44.5 Å². The Hall–Kier alpha value is -1.26. The average molecular weight is 341 g/mol. The first kappa shape index (κ1) is 18.8. The number of hydrogen-bond acceptors (Lipinski definition) is 3. The van der Waals surface area contributed by atoms with Gasteiger partial charge < -0.3 is 9.16 Å². The van der Waals surface area contributed by atoms with Crippen molar-refractivity contribution in [2.75, 3.05) is 6.61 Å². The van der Waals surface area contributed by atoms with Crippen LogP contribution in [-0.4, -0.2) is 20.9 Å². The molecule has 22 heavy (non-hydrogen) atoms. The van der Waals surface area contributed by atoms with E-state index in [0.717, 1.165) is 5.56 Å². The third-order valence-corrected chi connectivity index (χ3v) is 8.60. The van der Waals surface area contributed by atoms with Crippen LogP contribution < -0.4 is 4.43 Å². The van der Waals surface area contributed by atoms with Crippen LogP contribution in [0.1, 0.15) is 33.3 Å². The molecular weight excluding hydrogens is 316 g/mol. The van der Waals surface area contributed by atoms with Crippen molar-refractivity contribution in [3.05, 3.63) is 34.9 Å². The highest BCUT2D eigenvalue weighted by Gasteiger charge is 2.39. The number of ether oxygens (including phenoxy) is 1. The Morgan fingerprint density at radius 1 is 1.32 bits per heavy atom. The molecule has 1 aromatic carbocycles. The Kier molecular flexibility index (Phi) is 6.26. The van der Waals surface area contributed by atoms with Gasteiger partial charge in [0.1, 0.15) is 5.75 Å². The van der Waals surface area contributed by atoms with Gasteiger partial charge in [-0.2, -0.15) is 0 Å². The molecule has 0 aliphatic rings. The summed E-state index contributed by atoms with van der Waals surface area (Å²) in [6.45, 7) is 13.0. The van der Waals surface area contributed by atoms with Gasteiger partial charge in [-0.3, -0.25) is 0 Å². The lowest BCUT2D eigenvalue weighted by Crippen LogP contribution is -2.43. The quantitative estimate of drug-likeness (QED) is 0.414. The standard InChI is InChI=1S/C17H25ClO3Si/c1-7-20-15(19)12-11-13-9-8-10-14(16(13)18)21-22(5,6)17(2,3)4/h8-12H,7H2,1-6H3/b12-11+. The summed E-state index contributed by atoms with van der Waals surface area (Å²) in [4.78, 5) is 11.4. The van der Waals surface area contributed by atoms with E-state index in [0.29, 0.717) is 17.4 Å². The molecule has 0 spiro atoms. The minimum absolute atomic E-state index is 0.0904. The van der Waals surface area contributed by atoms with E-state index in [1.807, 2.05) is 18.2 Å². The van der Waals surface area contributed by atoms with E-state index >= 15 is 0 Å². The highest BCUT2D eigenvalue weighted by molar-refractivity contribution is 6.74. The fourth-order valence-corrected chi connectivity index (χ4v) is 2.83. The van der Waals surface area contributed by atoms with Crippen molar-refractivity contribution in [2.24, 2.45) is 0 Å². The number of benzene rings is 1. The van der Waals surface area contributed by atoms with Crippen LogP contribution in [0.25, 0.3) is 6.08 Å². The lowest BCUT2D eigenvalue weighted by molar-refractivity contribution is -0.137. The first-order valence-corrected chi connectivity index (χ1v) is 10.7. The molecule has 0 fully saturated rings. The predicted octanol–water partition coefficient (Wildman–Crippen LogP) is 5.30. The molecule has 0 radical (unpaired) electrons. The molecule has 0 aromatic heterocycles. The zero-order valence-electron chi connectivity index (χ0n) is 14.2. The van der Waals surface area contributed by atoms with Crippen molar-refractivity contribution in [3.63, 3.8) is 0 Å².